The second-order valence-electron chi connectivity index (χ2n) is 4.98. The summed E-state index contributed by atoms with van der Waals surface area (Å²) in [5, 5.41) is 12.1. The van der Waals surface area contributed by atoms with Gasteiger partial charge in [-0.1, -0.05) is 6.92 Å². The van der Waals surface area contributed by atoms with Gasteiger partial charge in [0.25, 0.3) is 5.91 Å². The largest absolute Gasteiger partial charge is 0.508 e. The number of hydrogen-bond donors (Lipinski definition) is 2. The van der Waals surface area contributed by atoms with Crippen LogP contribution in [0.2, 0.25) is 0 Å². The highest BCUT2D eigenvalue weighted by atomic mass is 16.5. The first-order valence-electron chi connectivity index (χ1n) is 6.12. The normalized spacial score (nSPS) is 12.9. The summed E-state index contributed by atoms with van der Waals surface area (Å²) in [6.07, 6.45) is 0.283. The van der Waals surface area contributed by atoms with E-state index >= 15 is 0 Å². The molecule has 1 atom stereocenters. The molecular weight excluding hydrogens is 230 g/mol. The fourth-order valence-electron chi connectivity index (χ4n) is 1.31. The average Bonchev–Trinajstić information content (AvgIpc) is 2.31. The Labute approximate surface area is 108 Å². The van der Waals surface area contributed by atoms with Gasteiger partial charge < -0.3 is 15.2 Å². The molecule has 1 rings (SSSR count). The number of hydrogen-bond acceptors (Lipinski definition) is 3. The van der Waals surface area contributed by atoms with Crippen molar-refractivity contribution >= 4 is 5.91 Å². The summed E-state index contributed by atoms with van der Waals surface area (Å²) in [6.45, 7) is 7.66. The van der Waals surface area contributed by atoms with E-state index in [1.807, 2.05) is 20.8 Å². The topological polar surface area (TPSA) is 58.6 Å². The molecule has 0 aromatic heterocycles. The van der Waals surface area contributed by atoms with Crippen molar-refractivity contribution in [2.75, 3.05) is 0 Å². The fourth-order valence-corrected chi connectivity index (χ4v) is 1.31. The monoisotopic (exact) mass is 251 g/mol. The van der Waals surface area contributed by atoms with Gasteiger partial charge in [0, 0.05) is 5.54 Å². The number of benzene rings is 1. The molecule has 0 saturated heterocycles. The summed E-state index contributed by atoms with van der Waals surface area (Å²) in [5.74, 6) is 0.589. The van der Waals surface area contributed by atoms with E-state index in [0.717, 1.165) is 6.42 Å². The van der Waals surface area contributed by atoms with Gasteiger partial charge in [-0.05, 0) is 51.5 Å². The van der Waals surface area contributed by atoms with Crippen LogP contribution in [0.5, 0.6) is 11.5 Å². The summed E-state index contributed by atoms with van der Waals surface area (Å²) >= 11 is 0. The molecule has 0 fully saturated rings. The molecule has 18 heavy (non-hydrogen) atoms. The van der Waals surface area contributed by atoms with Crippen molar-refractivity contribution in [1.82, 2.24) is 5.32 Å². The molecule has 1 unspecified atom stereocenters. The van der Waals surface area contributed by atoms with Crippen molar-refractivity contribution in [3.05, 3.63) is 24.3 Å². The van der Waals surface area contributed by atoms with Gasteiger partial charge in [0.05, 0.1) is 0 Å². The van der Waals surface area contributed by atoms with E-state index in [2.05, 4.69) is 5.32 Å². The van der Waals surface area contributed by atoms with Crippen molar-refractivity contribution in [2.24, 2.45) is 0 Å². The molecule has 2 N–H and O–H groups in total. The SMILES string of the molecule is CCC(C)(C)NC(=O)C(C)Oc1ccc(O)cc1. The Hall–Kier alpha value is -1.71. The summed E-state index contributed by atoms with van der Waals surface area (Å²) in [6, 6.07) is 6.31. The number of nitrogens with one attached hydrogen (secondary N) is 1. The van der Waals surface area contributed by atoms with E-state index in [9.17, 15) is 4.79 Å². The van der Waals surface area contributed by atoms with Crippen molar-refractivity contribution in [2.45, 2.75) is 45.8 Å². The number of ether oxygens (including phenoxy) is 1. The standard InChI is InChI=1S/C14H21NO3/c1-5-14(3,4)15-13(17)10(2)18-12-8-6-11(16)7-9-12/h6-10,16H,5H2,1-4H3,(H,15,17). The van der Waals surface area contributed by atoms with E-state index < -0.39 is 6.10 Å². The number of rotatable bonds is 5. The predicted molar refractivity (Wildman–Crippen MR) is 70.7 cm³/mol. The lowest BCUT2D eigenvalue weighted by molar-refractivity contribution is -0.128. The van der Waals surface area contributed by atoms with Gasteiger partial charge in [-0.25, -0.2) is 0 Å². The molecule has 0 aliphatic heterocycles. The summed E-state index contributed by atoms with van der Waals surface area (Å²) in [4.78, 5) is 11.9. The Morgan fingerprint density at radius 1 is 1.39 bits per heavy atom. The molecule has 0 saturated carbocycles. The van der Waals surface area contributed by atoms with Crippen LogP contribution in [0.15, 0.2) is 24.3 Å². The minimum absolute atomic E-state index is 0.144. The zero-order valence-electron chi connectivity index (χ0n) is 11.4. The lowest BCUT2D eigenvalue weighted by atomic mass is 10.0. The molecule has 0 spiro atoms. The highest BCUT2D eigenvalue weighted by molar-refractivity contribution is 5.81. The van der Waals surface area contributed by atoms with Gasteiger partial charge in [0.2, 0.25) is 0 Å². The molecule has 0 radical (unpaired) electrons. The first-order chi connectivity index (χ1) is 8.34. The molecule has 0 bridgehead atoms. The van der Waals surface area contributed by atoms with Crippen molar-refractivity contribution < 1.29 is 14.6 Å². The first-order valence-corrected chi connectivity index (χ1v) is 6.12. The molecular formula is C14H21NO3. The Morgan fingerprint density at radius 2 is 1.94 bits per heavy atom. The maximum atomic E-state index is 11.9. The molecule has 0 aliphatic rings. The van der Waals surface area contributed by atoms with Crippen LogP contribution < -0.4 is 10.1 Å². The van der Waals surface area contributed by atoms with Crippen LogP contribution >= 0.6 is 0 Å². The second kappa shape index (κ2) is 5.76. The summed E-state index contributed by atoms with van der Waals surface area (Å²) in [5.41, 5.74) is -0.232. The lowest BCUT2D eigenvalue weighted by Crippen LogP contribution is -2.48. The van der Waals surface area contributed by atoms with Gasteiger partial charge in [0.15, 0.2) is 6.10 Å². The minimum atomic E-state index is -0.569. The predicted octanol–water partition coefficient (Wildman–Crippen LogP) is 2.46. The van der Waals surface area contributed by atoms with Gasteiger partial charge >= 0.3 is 0 Å². The summed E-state index contributed by atoms with van der Waals surface area (Å²) < 4.78 is 5.50. The van der Waals surface area contributed by atoms with Crippen molar-refractivity contribution in [1.29, 1.82) is 0 Å². The van der Waals surface area contributed by atoms with E-state index in [1.165, 1.54) is 12.1 Å². The number of carbonyl (C=O) groups excluding carboxylic acids is 1. The highest BCUT2D eigenvalue weighted by Crippen LogP contribution is 2.17. The smallest absolute Gasteiger partial charge is 0.261 e. The van der Waals surface area contributed by atoms with E-state index in [1.54, 1.807) is 19.1 Å². The van der Waals surface area contributed by atoms with E-state index in [0.29, 0.717) is 5.75 Å². The van der Waals surface area contributed by atoms with Crippen LogP contribution in [-0.4, -0.2) is 22.7 Å². The minimum Gasteiger partial charge on any atom is -0.508 e. The Bertz CT molecular complexity index is 398. The third kappa shape index (κ3) is 4.28. The molecule has 1 amide bonds. The van der Waals surface area contributed by atoms with Crippen LogP contribution in [-0.2, 0) is 4.79 Å². The zero-order chi connectivity index (χ0) is 13.8. The van der Waals surface area contributed by atoms with Gasteiger partial charge in [-0.3, -0.25) is 4.79 Å². The number of carbonyl (C=O) groups is 1. The number of phenols is 1. The lowest BCUT2D eigenvalue weighted by Gasteiger charge is -2.26. The average molecular weight is 251 g/mol. The zero-order valence-corrected chi connectivity index (χ0v) is 11.4. The van der Waals surface area contributed by atoms with Crippen LogP contribution in [0.4, 0.5) is 0 Å². The quantitative estimate of drug-likeness (QED) is 0.845. The second-order valence-corrected chi connectivity index (χ2v) is 4.98. The Morgan fingerprint density at radius 3 is 2.44 bits per heavy atom. The third-order valence-electron chi connectivity index (χ3n) is 2.86. The molecule has 0 aliphatic carbocycles. The molecule has 100 valence electrons. The van der Waals surface area contributed by atoms with Gasteiger partial charge in [-0.15, -0.1) is 0 Å². The van der Waals surface area contributed by atoms with Crippen LogP contribution in [0, 0.1) is 0 Å². The maximum absolute atomic E-state index is 11.9. The molecule has 4 heteroatoms. The summed E-state index contributed by atoms with van der Waals surface area (Å²) in [7, 11) is 0. The Kier molecular flexibility index (Phi) is 4.59. The number of amides is 1. The van der Waals surface area contributed by atoms with Gasteiger partial charge in [-0.2, -0.15) is 0 Å². The van der Waals surface area contributed by atoms with Gasteiger partial charge in [0.1, 0.15) is 11.5 Å². The molecule has 4 nitrogen and oxygen atoms in total. The molecule has 1 aromatic carbocycles. The molecule has 1 aromatic rings. The first kappa shape index (κ1) is 14.4. The maximum Gasteiger partial charge on any atom is 0.261 e. The van der Waals surface area contributed by atoms with Crippen molar-refractivity contribution in [3.8, 4) is 11.5 Å². The third-order valence-corrected chi connectivity index (χ3v) is 2.86. The Balaban J connectivity index is 2.57. The van der Waals surface area contributed by atoms with Crippen molar-refractivity contribution in [3.63, 3.8) is 0 Å². The molecule has 0 heterocycles. The number of phenolic OH excluding ortho intramolecular Hbond substituents is 1. The van der Waals surface area contributed by atoms with Crippen LogP contribution in [0.25, 0.3) is 0 Å². The van der Waals surface area contributed by atoms with Crippen LogP contribution in [0.1, 0.15) is 34.1 Å². The highest BCUT2D eigenvalue weighted by Gasteiger charge is 2.22. The number of aromatic hydroxyl groups is 1. The van der Waals surface area contributed by atoms with E-state index in [-0.39, 0.29) is 17.2 Å². The van der Waals surface area contributed by atoms with Crippen LogP contribution in [0.3, 0.4) is 0 Å². The fraction of sp³-hybridized carbons (Fsp3) is 0.500. The van der Waals surface area contributed by atoms with E-state index in [4.69, 9.17) is 9.84 Å².